The van der Waals surface area contributed by atoms with Gasteiger partial charge >= 0.3 is 6.03 Å². The van der Waals surface area contributed by atoms with Crippen molar-refractivity contribution in [3.63, 3.8) is 0 Å². The van der Waals surface area contributed by atoms with E-state index in [1.807, 2.05) is 143 Å². The van der Waals surface area contributed by atoms with Crippen LogP contribution in [-0.2, 0) is 12.8 Å². The van der Waals surface area contributed by atoms with Crippen LogP contribution < -0.4 is 62.6 Å². The van der Waals surface area contributed by atoms with Crippen molar-refractivity contribution in [3.05, 3.63) is 196 Å². The van der Waals surface area contributed by atoms with Gasteiger partial charge in [0.2, 0.25) is 0 Å². The summed E-state index contributed by atoms with van der Waals surface area (Å²) in [5.41, 5.74) is 13.3. The molecule has 1 aromatic heterocycles. The number of hydrogen-bond donors (Lipinski definition) is 11. The number of aryl methyl sites for hydroxylation is 7. The van der Waals surface area contributed by atoms with Gasteiger partial charge in [-0.05, 0) is 190 Å². The van der Waals surface area contributed by atoms with Crippen molar-refractivity contribution >= 4 is 121 Å². The molecular weight excluding hydrogens is 1130 g/mol. The molecule has 0 fully saturated rings. The summed E-state index contributed by atoms with van der Waals surface area (Å²) >= 11 is 26.3. The first-order chi connectivity index (χ1) is 39.5. The quantitative estimate of drug-likeness (QED) is 0.0518. The van der Waals surface area contributed by atoms with Gasteiger partial charge in [0.1, 0.15) is 12.4 Å². The van der Waals surface area contributed by atoms with Gasteiger partial charge < -0.3 is 67.7 Å². The van der Waals surface area contributed by atoms with Crippen molar-refractivity contribution in [1.29, 1.82) is 0 Å². The second-order valence-corrected chi connectivity index (χ2v) is 20.2. The zero-order valence-electron chi connectivity index (χ0n) is 47.9. The number of carbonyl (C=O) groups excluding carboxylic acids is 1. The standard InChI is InChI=1S/C17H18N2O3.C14H15N3S.C12H18N2S.C10H14N2OS.C9H11ClN2S/c1-12-6-8-13(9-7-12)19-17(20)18-10-14-11-21-15-4-2-3-5-16(15)22-14;1-10-6-7-12(9-11(10)2)16-14(18)17-13-5-3-4-8-15-13;1-4-9-7-6-8-10(5-2)11(9)14-12(15)13-3;1-8-4-2-3-5-9(8)12-10(14)11-6-7-13;1-6-4-3-5-7(10)8(6)12-9(13)11-2/h2-9,14H,10-11H2,1H3,(H2,18,19,20);3-9H,1-2H3,(H2,15,16,17,18);6-8H,4-5H2,1-3H3,(H2,13,14,15);2-5,13H,6-7H2,1H3,(H2,11,12,14);3-5H,1-2H3,(H2,11,12,13). The van der Waals surface area contributed by atoms with Gasteiger partial charge in [-0.25, -0.2) is 9.78 Å². The van der Waals surface area contributed by atoms with E-state index in [0.29, 0.717) is 50.9 Å². The number of para-hydroxylation sites is 5. The molecule has 82 heavy (non-hydrogen) atoms. The van der Waals surface area contributed by atoms with E-state index in [1.54, 1.807) is 13.2 Å². The highest BCUT2D eigenvalue weighted by atomic mass is 35.5. The number of fused-ring (bicyclic) bond motifs is 1. The predicted molar refractivity (Wildman–Crippen MR) is 359 cm³/mol. The smallest absolute Gasteiger partial charge is 0.319 e. The van der Waals surface area contributed by atoms with Gasteiger partial charge in [-0.3, -0.25) is 0 Å². The normalized spacial score (nSPS) is 11.4. The first-order valence-corrected chi connectivity index (χ1v) is 28.6. The van der Waals surface area contributed by atoms with Crippen LogP contribution in [-0.4, -0.2) is 83.1 Å². The fourth-order valence-electron chi connectivity index (χ4n) is 7.31. The van der Waals surface area contributed by atoms with Crippen molar-refractivity contribution in [2.45, 2.75) is 67.4 Å². The second-order valence-electron chi connectivity index (χ2n) is 18.2. The fraction of sp³-hybridized carbons (Fsp3) is 0.258. The third kappa shape index (κ3) is 24.2. The minimum Gasteiger partial charge on any atom is -0.486 e. The van der Waals surface area contributed by atoms with Gasteiger partial charge in [0.15, 0.2) is 38.1 Å². The number of aliphatic hydroxyl groups is 1. The largest absolute Gasteiger partial charge is 0.486 e. The van der Waals surface area contributed by atoms with Crippen LogP contribution in [0.15, 0.2) is 152 Å². The van der Waals surface area contributed by atoms with Crippen LogP contribution in [0.1, 0.15) is 52.8 Å². The molecule has 2 heterocycles. The Morgan fingerprint density at radius 3 is 1.80 bits per heavy atom. The number of pyridine rings is 1. The number of nitrogens with zero attached hydrogens (tertiary/aromatic N) is 1. The molecule has 8 rings (SSSR count). The topological polar surface area (TPSA) is 189 Å². The molecule has 0 radical (unpaired) electrons. The molecule has 434 valence electrons. The van der Waals surface area contributed by atoms with Crippen molar-refractivity contribution < 1.29 is 19.4 Å². The number of aliphatic hydroxyl groups excluding tert-OH is 1. The van der Waals surface area contributed by atoms with Gasteiger partial charge in [0.05, 0.1) is 23.9 Å². The molecule has 0 spiro atoms. The molecule has 1 atom stereocenters. The maximum Gasteiger partial charge on any atom is 0.319 e. The number of amides is 2. The lowest BCUT2D eigenvalue weighted by Crippen LogP contribution is -2.42. The number of hydrogen-bond acceptors (Lipinski definition) is 9. The number of halogens is 1. The van der Waals surface area contributed by atoms with Crippen LogP contribution in [0.5, 0.6) is 11.5 Å². The molecule has 6 aromatic carbocycles. The zero-order chi connectivity index (χ0) is 59.8. The lowest BCUT2D eigenvalue weighted by molar-refractivity contribution is 0.0922. The molecular formula is C62H76ClN11O4S4. The summed E-state index contributed by atoms with van der Waals surface area (Å²) in [6.45, 7) is 15.8. The number of urea groups is 1. The highest BCUT2D eigenvalue weighted by molar-refractivity contribution is 7.81. The maximum atomic E-state index is 11.9. The Kier molecular flexibility index (Phi) is 29.9. The third-order valence-corrected chi connectivity index (χ3v) is 13.4. The van der Waals surface area contributed by atoms with Gasteiger partial charge in [0.25, 0.3) is 0 Å². The average Bonchev–Trinajstić information content (AvgIpc) is 3.60. The Morgan fingerprint density at radius 2 is 1.20 bits per heavy atom. The first kappa shape index (κ1) is 66.9. The van der Waals surface area contributed by atoms with Crippen molar-refractivity contribution in [2.24, 2.45) is 0 Å². The SMILES string of the molecule is CCc1cccc(CC)c1NC(=S)NC.CNC(=S)Nc1c(C)cccc1Cl.Cc1ccc(NC(=O)NCC2COc3ccccc3O2)cc1.Cc1ccc(NC(=S)Nc2ccccn2)cc1C.Cc1ccccc1NC(=S)NCCO. The van der Waals surface area contributed by atoms with Gasteiger partial charge in [-0.15, -0.1) is 0 Å². The molecule has 0 saturated carbocycles. The highest BCUT2D eigenvalue weighted by Crippen LogP contribution is 2.31. The summed E-state index contributed by atoms with van der Waals surface area (Å²) in [6.07, 6.45) is 3.56. The van der Waals surface area contributed by atoms with Crippen LogP contribution in [0.4, 0.5) is 39.0 Å². The van der Waals surface area contributed by atoms with Gasteiger partial charge in [-0.1, -0.05) is 116 Å². The Balaban J connectivity index is 0.000000224. The molecule has 1 aliphatic rings. The first-order valence-electron chi connectivity index (χ1n) is 26.6. The molecule has 11 N–H and O–H groups in total. The molecule has 20 heteroatoms. The average molecular weight is 1200 g/mol. The van der Waals surface area contributed by atoms with Gasteiger partial charge in [0, 0.05) is 49.6 Å². The minimum atomic E-state index is -0.258. The van der Waals surface area contributed by atoms with E-state index in [0.717, 1.165) is 63.8 Å². The summed E-state index contributed by atoms with van der Waals surface area (Å²) in [4.78, 5) is 16.0. The number of carbonyl (C=O) groups is 1. The lowest BCUT2D eigenvalue weighted by Gasteiger charge is -2.26. The molecule has 1 aliphatic heterocycles. The van der Waals surface area contributed by atoms with Gasteiger partial charge in [-0.2, -0.15) is 0 Å². The predicted octanol–water partition coefficient (Wildman–Crippen LogP) is 13.0. The Morgan fingerprint density at radius 1 is 0.585 bits per heavy atom. The third-order valence-electron chi connectivity index (χ3n) is 12.0. The van der Waals surface area contributed by atoms with E-state index in [4.69, 9.17) is 75.1 Å². The molecule has 0 saturated heterocycles. The van der Waals surface area contributed by atoms with Crippen molar-refractivity contribution in [2.75, 3.05) is 72.3 Å². The number of nitrogens with one attached hydrogen (secondary N) is 10. The molecule has 15 nitrogen and oxygen atoms in total. The number of anilines is 6. The van der Waals surface area contributed by atoms with Crippen LogP contribution in [0.2, 0.25) is 5.02 Å². The van der Waals surface area contributed by atoms with Crippen LogP contribution >= 0.6 is 60.5 Å². The second kappa shape index (κ2) is 36.7. The minimum absolute atomic E-state index is 0.0790. The summed E-state index contributed by atoms with van der Waals surface area (Å²) < 4.78 is 11.4. The zero-order valence-corrected chi connectivity index (χ0v) is 51.9. The monoisotopic (exact) mass is 1200 g/mol. The number of aromatic nitrogens is 1. The molecule has 0 aliphatic carbocycles. The molecule has 7 aromatic rings. The molecule has 1 unspecified atom stereocenters. The van der Waals surface area contributed by atoms with E-state index < -0.39 is 0 Å². The van der Waals surface area contributed by atoms with Crippen molar-refractivity contribution in [3.8, 4) is 11.5 Å². The number of rotatable bonds is 12. The van der Waals surface area contributed by atoms with Crippen LogP contribution in [0.3, 0.4) is 0 Å². The number of thiocarbonyl (C=S) groups is 4. The van der Waals surface area contributed by atoms with E-state index in [9.17, 15) is 4.79 Å². The van der Waals surface area contributed by atoms with E-state index in [2.05, 4.69) is 116 Å². The number of ether oxygens (including phenoxy) is 2. The Bertz CT molecular complexity index is 3110. The van der Waals surface area contributed by atoms with E-state index in [1.165, 1.54) is 27.9 Å². The molecule has 2 amide bonds. The highest BCUT2D eigenvalue weighted by Gasteiger charge is 2.21. The van der Waals surface area contributed by atoms with Crippen LogP contribution in [0.25, 0.3) is 0 Å². The lowest BCUT2D eigenvalue weighted by atomic mass is 10.0. The summed E-state index contributed by atoms with van der Waals surface area (Å²) in [5, 5.41) is 41.3. The molecule has 0 bridgehead atoms. The Hall–Kier alpha value is -7.65. The summed E-state index contributed by atoms with van der Waals surface area (Å²) in [7, 11) is 3.59. The fourth-order valence-corrected chi connectivity index (χ4v) is 8.22. The van der Waals surface area contributed by atoms with E-state index >= 15 is 0 Å². The Labute approximate surface area is 510 Å². The van der Waals surface area contributed by atoms with Crippen molar-refractivity contribution in [1.82, 2.24) is 26.3 Å². The van der Waals surface area contributed by atoms with E-state index in [-0.39, 0.29) is 18.7 Å². The summed E-state index contributed by atoms with van der Waals surface area (Å²) in [6, 6.07) is 46.7. The number of benzene rings is 6. The summed E-state index contributed by atoms with van der Waals surface area (Å²) in [5.74, 6) is 2.18. The maximum absolute atomic E-state index is 11.9. The van der Waals surface area contributed by atoms with Crippen LogP contribution in [0, 0.1) is 34.6 Å².